The summed E-state index contributed by atoms with van der Waals surface area (Å²) in [7, 11) is 0. The molecule has 2 amide bonds. The molecule has 1 aromatic carbocycles. The number of anilines is 2. The van der Waals surface area contributed by atoms with Gasteiger partial charge in [-0.2, -0.15) is 11.3 Å². The predicted octanol–water partition coefficient (Wildman–Crippen LogP) is 5.03. The number of hydrogen-bond donors (Lipinski definition) is 2. The van der Waals surface area contributed by atoms with Crippen LogP contribution in [0.3, 0.4) is 0 Å². The van der Waals surface area contributed by atoms with Gasteiger partial charge >= 0.3 is 0 Å². The van der Waals surface area contributed by atoms with Crippen molar-refractivity contribution in [1.82, 2.24) is 4.98 Å². The largest absolute Gasteiger partial charge is 0.326 e. The van der Waals surface area contributed by atoms with Crippen LogP contribution in [0.2, 0.25) is 0 Å². The lowest BCUT2D eigenvalue weighted by Crippen LogP contribution is -2.18. The van der Waals surface area contributed by atoms with Crippen molar-refractivity contribution in [1.29, 1.82) is 0 Å². The zero-order valence-corrected chi connectivity index (χ0v) is 16.3. The van der Waals surface area contributed by atoms with Gasteiger partial charge in [-0.15, -0.1) is 11.3 Å². The van der Waals surface area contributed by atoms with Gasteiger partial charge in [0, 0.05) is 28.2 Å². The molecule has 0 aliphatic carbocycles. The minimum Gasteiger partial charge on any atom is -0.326 e. The summed E-state index contributed by atoms with van der Waals surface area (Å²) in [6.45, 7) is 5.50. The van der Waals surface area contributed by atoms with Gasteiger partial charge in [0.15, 0.2) is 0 Å². The first-order valence-electron chi connectivity index (χ1n) is 8.16. The van der Waals surface area contributed by atoms with Crippen LogP contribution in [0.15, 0.2) is 41.1 Å². The van der Waals surface area contributed by atoms with Crippen molar-refractivity contribution in [2.75, 3.05) is 10.6 Å². The van der Waals surface area contributed by atoms with Crippen LogP contribution < -0.4 is 10.6 Å². The molecule has 0 radical (unpaired) electrons. The van der Waals surface area contributed by atoms with Gasteiger partial charge in [0.05, 0.1) is 5.69 Å². The van der Waals surface area contributed by atoms with Crippen molar-refractivity contribution in [3.05, 3.63) is 51.7 Å². The van der Waals surface area contributed by atoms with E-state index in [0.29, 0.717) is 21.9 Å². The molecule has 0 atom stereocenters. The molecule has 0 spiro atoms. The van der Waals surface area contributed by atoms with E-state index in [1.807, 2.05) is 37.6 Å². The summed E-state index contributed by atoms with van der Waals surface area (Å²) in [6, 6.07) is 9.11. The number of thiophene rings is 1. The SMILES string of the molecule is Cc1nc(-c2ccsc2)sc1C(=O)Nc1cccc(NC(=O)C(C)C)c1. The Morgan fingerprint density at radius 2 is 1.85 bits per heavy atom. The van der Waals surface area contributed by atoms with Crippen LogP contribution in [0.5, 0.6) is 0 Å². The van der Waals surface area contributed by atoms with Crippen LogP contribution >= 0.6 is 22.7 Å². The Hall–Kier alpha value is -2.51. The molecule has 134 valence electrons. The van der Waals surface area contributed by atoms with Gasteiger partial charge < -0.3 is 10.6 Å². The lowest BCUT2D eigenvalue weighted by molar-refractivity contribution is -0.118. The molecule has 3 aromatic rings. The van der Waals surface area contributed by atoms with Crippen LogP contribution in [0.4, 0.5) is 11.4 Å². The van der Waals surface area contributed by atoms with E-state index < -0.39 is 0 Å². The first-order chi connectivity index (χ1) is 12.4. The molecule has 0 bridgehead atoms. The number of rotatable bonds is 5. The minimum absolute atomic E-state index is 0.0628. The number of benzene rings is 1. The maximum absolute atomic E-state index is 12.6. The van der Waals surface area contributed by atoms with Gasteiger partial charge in [0.2, 0.25) is 5.91 Å². The first-order valence-corrected chi connectivity index (χ1v) is 9.92. The van der Waals surface area contributed by atoms with Crippen LogP contribution in [0, 0.1) is 12.8 Å². The molecular weight excluding hydrogens is 366 g/mol. The summed E-state index contributed by atoms with van der Waals surface area (Å²) < 4.78 is 0. The monoisotopic (exact) mass is 385 g/mol. The third kappa shape index (κ3) is 4.17. The van der Waals surface area contributed by atoms with Crippen LogP contribution in [-0.4, -0.2) is 16.8 Å². The number of carbonyl (C=O) groups is 2. The first kappa shape index (κ1) is 18.3. The second-order valence-electron chi connectivity index (χ2n) is 6.12. The fourth-order valence-corrected chi connectivity index (χ4v) is 3.94. The summed E-state index contributed by atoms with van der Waals surface area (Å²) in [5, 5.41) is 10.6. The van der Waals surface area contributed by atoms with E-state index in [2.05, 4.69) is 15.6 Å². The Kier molecular flexibility index (Phi) is 5.49. The summed E-state index contributed by atoms with van der Waals surface area (Å²) in [5.41, 5.74) is 3.02. The Morgan fingerprint density at radius 3 is 2.50 bits per heavy atom. The second-order valence-corrected chi connectivity index (χ2v) is 7.90. The molecule has 0 saturated heterocycles. The summed E-state index contributed by atoms with van der Waals surface area (Å²) in [6.07, 6.45) is 0. The highest BCUT2D eigenvalue weighted by Gasteiger charge is 2.17. The molecule has 5 nitrogen and oxygen atoms in total. The number of nitrogens with one attached hydrogen (secondary N) is 2. The number of aromatic nitrogens is 1. The lowest BCUT2D eigenvalue weighted by atomic mass is 10.2. The number of amides is 2. The van der Waals surface area contributed by atoms with Crippen molar-refractivity contribution >= 4 is 45.9 Å². The highest BCUT2D eigenvalue weighted by Crippen LogP contribution is 2.30. The predicted molar refractivity (Wildman–Crippen MR) is 108 cm³/mol. The molecule has 7 heteroatoms. The third-order valence-electron chi connectivity index (χ3n) is 3.68. The normalized spacial score (nSPS) is 10.8. The van der Waals surface area contributed by atoms with Crippen molar-refractivity contribution in [2.24, 2.45) is 5.92 Å². The molecule has 2 aromatic heterocycles. The fourth-order valence-electron chi connectivity index (χ4n) is 2.27. The number of nitrogens with zero attached hydrogens (tertiary/aromatic N) is 1. The van der Waals surface area contributed by atoms with E-state index in [9.17, 15) is 9.59 Å². The highest BCUT2D eigenvalue weighted by molar-refractivity contribution is 7.17. The van der Waals surface area contributed by atoms with Crippen LogP contribution in [-0.2, 0) is 4.79 Å². The highest BCUT2D eigenvalue weighted by atomic mass is 32.1. The van der Waals surface area contributed by atoms with E-state index in [0.717, 1.165) is 10.6 Å². The molecular formula is C19H19N3O2S2. The standard InChI is InChI=1S/C19H19N3O2S2/c1-11(2)17(23)21-14-5-4-6-15(9-14)22-18(24)16-12(3)20-19(26-16)13-7-8-25-10-13/h4-11H,1-3H3,(H,21,23)(H,22,24). The number of aryl methyl sites for hydroxylation is 1. The average Bonchev–Trinajstić information content (AvgIpc) is 3.24. The summed E-state index contributed by atoms with van der Waals surface area (Å²) in [5.74, 6) is -0.371. The fraction of sp³-hybridized carbons (Fsp3) is 0.211. The maximum Gasteiger partial charge on any atom is 0.267 e. The Bertz CT molecular complexity index is 930. The molecule has 0 unspecified atom stereocenters. The molecule has 0 aliphatic rings. The van der Waals surface area contributed by atoms with Crippen molar-refractivity contribution in [3.63, 3.8) is 0 Å². The summed E-state index contributed by atoms with van der Waals surface area (Å²) in [4.78, 5) is 29.5. The van der Waals surface area contributed by atoms with E-state index in [4.69, 9.17) is 0 Å². The number of hydrogen-bond acceptors (Lipinski definition) is 5. The molecule has 26 heavy (non-hydrogen) atoms. The van der Waals surface area contributed by atoms with Gasteiger partial charge in [-0.05, 0) is 36.6 Å². The molecule has 0 aliphatic heterocycles. The van der Waals surface area contributed by atoms with E-state index in [1.54, 1.807) is 35.6 Å². The van der Waals surface area contributed by atoms with E-state index in [1.165, 1.54) is 11.3 Å². The molecule has 3 rings (SSSR count). The molecule has 2 N–H and O–H groups in total. The lowest BCUT2D eigenvalue weighted by Gasteiger charge is -2.10. The number of carbonyl (C=O) groups excluding carboxylic acids is 2. The zero-order valence-electron chi connectivity index (χ0n) is 14.7. The topological polar surface area (TPSA) is 71.1 Å². The van der Waals surface area contributed by atoms with Crippen LogP contribution in [0.1, 0.15) is 29.2 Å². The minimum atomic E-state index is -0.200. The van der Waals surface area contributed by atoms with Crippen LogP contribution in [0.25, 0.3) is 10.6 Å². The smallest absolute Gasteiger partial charge is 0.267 e. The van der Waals surface area contributed by atoms with E-state index in [-0.39, 0.29) is 17.7 Å². The van der Waals surface area contributed by atoms with Gasteiger partial charge in [-0.25, -0.2) is 4.98 Å². The van der Waals surface area contributed by atoms with Crippen molar-refractivity contribution < 1.29 is 9.59 Å². The second kappa shape index (κ2) is 7.80. The Balaban J connectivity index is 1.75. The van der Waals surface area contributed by atoms with Gasteiger partial charge in [-0.3, -0.25) is 9.59 Å². The molecule has 0 fully saturated rings. The number of thiazole rings is 1. The Labute approximate surface area is 160 Å². The molecule has 2 heterocycles. The third-order valence-corrected chi connectivity index (χ3v) is 5.57. The van der Waals surface area contributed by atoms with Gasteiger partial charge in [-0.1, -0.05) is 19.9 Å². The maximum atomic E-state index is 12.6. The quantitative estimate of drug-likeness (QED) is 0.647. The van der Waals surface area contributed by atoms with Gasteiger partial charge in [0.1, 0.15) is 9.88 Å². The summed E-state index contributed by atoms with van der Waals surface area (Å²) >= 11 is 2.98. The van der Waals surface area contributed by atoms with E-state index >= 15 is 0 Å². The molecule has 0 saturated carbocycles. The van der Waals surface area contributed by atoms with Gasteiger partial charge in [0.25, 0.3) is 5.91 Å². The van der Waals surface area contributed by atoms with Crippen molar-refractivity contribution in [2.45, 2.75) is 20.8 Å². The zero-order chi connectivity index (χ0) is 18.7. The average molecular weight is 386 g/mol. The van der Waals surface area contributed by atoms with Crippen molar-refractivity contribution in [3.8, 4) is 10.6 Å². The Morgan fingerprint density at radius 1 is 1.12 bits per heavy atom.